The average Bonchev–Trinajstić information content (AvgIpc) is 2.66. The molecule has 1 N–H and O–H groups in total. The van der Waals surface area contributed by atoms with Crippen molar-refractivity contribution >= 4 is 17.7 Å². The number of carbonyl (C=O) groups excluding carboxylic acids is 3. The van der Waals surface area contributed by atoms with Crippen molar-refractivity contribution in [3.05, 3.63) is 52.4 Å². The van der Waals surface area contributed by atoms with Crippen molar-refractivity contribution in [3.8, 4) is 5.75 Å². The van der Waals surface area contributed by atoms with E-state index in [9.17, 15) is 14.4 Å². The van der Waals surface area contributed by atoms with Crippen LogP contribution in [0.1, 0.15) is 71.8 Å². The lowest BCUT2D eigenvalue weighted by Gasteiger charge is -2.39. The van der Waals surface area contributed by atoms with Gasteiger partial charge in [0.25, 0.3) is 0 Å². The van der Waals surface area contributed by atoms with E-state index >= 15 is 0 Å². The number of Topliss-reactive ketones (excluding diaryl/α,β-unsaturated/α-hetero) is 1. The summed E-state index contributed by atoms with van der Waals surface area (Å²) in [6.07, 6.45) is 2.86. The van der Waals surface area contributed by atoms with Crippen LogP contribution in [-0.2, 0) is 19.1 Å². The van der Waals surface area contributed by atoms with Crippen molar-refractivity contribution in [1.29, 1.82) is 0 Å². The fourth-order valence-corrected chi connectivity index (χ4v) is 4.32. The second-order valence-electron chi connectivity index (χ2n) is 9.08. The van der Waals surface area contributed by atoms with Crippen molar-refractivity contribution in [2.24, 2.45) is 5.41 Å². The molecule has 0 spiro atoms. The summed E-state index contributed by atoms with van der Waals surface area (Å²) < 4.78 is 10.7. The van der Waals surface area contributed by atoms with Crippen LogP contribution in [0.5, 0.6) is 5.75 Å². The SMILES string of the molecule is CCCCOC(=O)C1=C(C)NC2=C(C(=O)CC(C)(C)C2)[C@H]1c1ccc(OC(C)=O)cc1. The van der Waals surface area contributed by atoms with Crippen molar-refractivity contribution in [3.63, 3.8) is 0 Å². The molecule has 1 aromatic rings. The smallest absolute Gasteiger partial charge is 0.336 e. The van der Waals surface area contributed by atoms with Crippen LogP contribution in [0.15, 0.2) is 46.8 Å². The van der Waals surface area contributed by atoms with Gasteiger partial charge in [-0.25, -0.2) is 4.79 Å². The number of esters is 2. The Hall–Kier alpha value is -2.89. The lowest BCUT2D eigenvalue weighted by Crippen LogP contribution is -2.38. The molecular weight excluding hydrogens is 394 g/mol. The van der Waals surface area contributed by atoms with Crippen molar-refractivity contribution < 1.29 is 23.9 Å². The van der Waals surface area contributed by atoms with E-state index in [1.807, 2.05) is 13.8 Å². The van der Waals surface area contributed by atoms with Crippen molar-refractivity contribution in [2.75, 3.05) is 6.61 Å². The molecule has 0 unspecified atom stereocenters. The number of ketones is 1. The Labute approximate surface area is 183 Å². The van der Waals surface area contributed by atoms with Gasteiger partial charge >= 0.3 is 11.9 Å². The number of hydrogen-bond donors (Lipinski definition) is 1. The van der Waals surface area contributed by atoms with Gasteiger partial charge in [-0.1, -0.05) is 39.3 Å². The summed E-state index contributed by atoms with van der Waals surface area (Å²) in [5, 5.41) is 3.33. The molecule has 3 rings (SSSR count). The number of benzene rings is 1. The van der Waals surface area contributed by atoms with Gasteiger partial charge in [-0.3, -0.25) is 9.59 Å². The minimum atomic E-state index is -0.514. The van der Waals surface area contributed by atoms with E-state index < -0.39 is 17.9 Å². The van der Waals surface area contributed by atoms with Crippen molar-refractivity contribution in [2.45, 2.75) is 66.2 Å². The Morgan fingerprint density at radius 3 is 2.45 bits per heavy atom. The van der Waals surface area contributed by atoms with Gasteiger partial charge in [0.1, 0.15) is 5.75 Å². The number of ether oxygens (including phenoxy) is 2. The van der Waals surface area contributed by atoms with E-state index in [-0.39, 0.29) is 11.2 Å². The first kappa shape index (κ1) is 22.8. The highest BCUT2D eigenvalue weighted by Crippen LogP contribution is 2.46. The van der Waals surface area contributed by atoms with Crippen LogP contribution >= 0.6 is 0 Å². The highest BCUT2D eigenvalue weighted by Gasteiger charge is 2.43. The molecule has 0 fully saturated rings. The minimum Gasteiger partial charge on any atom is -0.462 e. The number of dihydropyridines is 1. The van der Waals surface area contributed by atoms with Gasteiger partial charge < -0.3 is 14.8 Å². The summed E-state index contributed by atoms with van der Waals surface area (Å²) in [6.45, 7) is 9.73. The normalized spacial score (nSPS) is 20.2. The van der Waals surface area contributed by atoms with E-state index in [1.165, 1.54) is 6.92 Å². The summed E-state index contributed by atoms with van der Waals surface area (Å²) in [6, 6.07) is 6.98. The van der Waals surface area contributed by atoms with Gasteiger partial charge in [0.2, 0.25) is 0 Å². The predicted molar refractivity (Wildman–Crippen MR) is 117 cm³/mol. The largest absolute Gasteiger partial charge is 0.462 e. The lowest BCUT2D eigenvalue weighted by atomic mass is 9.68. The Balaban J connectivity index is 2.05. The van der Waals surface area contributed by atoms with Gasteiger partial charge in [-0.05, 0) is 42.9 Å². The number of carbonyl (C=O) groups is 3. The summed E-state index contributed by atoms with van der Waals surface area (Å²) in [5.41, 5.74) is 3.32. The third-order valence-corrected chi connectivity index (χ3v) is 5.67. The molecule has 0 saturated heterocycles. The maximum Gasteiger partial charge on any atom is 0.336 e. The summed E-state index contributed by atoms with van der Waals surface area (Å²) in [7, 11) is 0. The molecule has 31 heavy (non-hydrogen) atoms. The molecule has 0 amide bonds. The molecule has 6 nitrogen and oxygen atoms in total. The second kappa shape index (κ2) is 9.08. The molecule has 0 radical (unpaired) electrons. The van der Waals surface area contributed by atoms with Gasteiger partial charge in [-0.2, -0.15) is 0 Å². The van der Waals surface area contributed by atoms with Crippen LogP contribution < -0.4 is 10.1 Å². The van der Waals surface area contributed by atoms with Crippen LogP contribution in [0.2, 0.25) is 0 Å². The molecule has 166 valence electrons. The Bertz CT molecular complexity index is 953. The standard InChI is InChI=1S/C25H31NO5/c1-6-7-12-30-24(29)21-15(2)26-19-13-25(4,5)14-20(28)23(19)22(21)17-8-10-18(11-9-17)31-16(3)27/h8-11,22,26H,6-7,12-14H2,1-5H3/t22-/m0/s1. The zero-order valence-electron chi connectivity index (χ0n) is 19.0. The zero-order chi connectivity index (χ0) is 22.8. The maximum absolute atomic E-state index is 13.2. The van der Waals surface area contributed by atoms with Crippen LogP contribution in [-0.4, -0.2) is 24.3 Å². The Morgan fingerprint density at radius 2 is 1.84 bits per heavy atom. The van der Waals surface area contributed by atoms with Gasteiger partial charge in [0.05, 0.1) is 12.2 Å². The maximum atomic E-state index is 13.2. The molecule has 2 aliphatic rings. The predicted octanol–water partition coefficient (Wildman–Crippen LogP) is 4.56. The van der Waals surface area contributed by atoms with E-state index in [4.69, 9.17) is 9.47 Å². The molecule has 1 aromatic carbocycles. The number of rotatable bonds is 6. The monoisotopic (exact) mass is 425 g/mol. The number of hydrogen-bond acceptors (Lipinski definition) is 6. The molecule has 0 aromatic heterocycles. The molecule has 0 saturated carbocycles. The molecule has 1 aliphatic carbocycles. The van der Waals surface area contributed by atoms with E-state index in [0.29, 0.717) is 35.6 Å². The van der Waals surface area contributed by atoms with E-state index in [2.05, 4.69) is 19.2 Å². The zero-order valence-corrected chi connectivity index (χ0v) is 19.0. The second-order valence-corrected chi connectivity index (χ2v) is 9.08. The fraction of sp³-hybridized carbons (Fsp3) is 0.480. The number of nitrogens with one attached hydrogen (secondary N) is 1. The van der Waals surface area contributed by atoms with Crippen LogP contribution in [0.25, 0.3) is 0 Å². The highest BCUT2D eigenvalue weighted by molar-refractivity contribution is 6.04. The molecule has 1 aliphatic heterocycles. The Kier molecular flexibility index (Phi) is 6.68. The van der Waals surface area contributed by atoms with Gasteiger partial charge in [0.15, 0.2) is 5.78 Å². The topological polar surface area (TPSA) is 81.7 Å². The molecular formula is C25H31NO5. The quantitative estimate of drug-likeness (QED) is 0.409. The number of allylic oxidation sites excluding steroid dienone is 3. The third-order valence-electron chi connectivity index (χ3n) is 5.67. The highest BCUT2D eigenvalue weighted by atomic mass is 16.5. The third kappa shape index (κ3) is 5.06. The first-order valence-electron chi connectivity index (χ1n) is 10.8. The van der Waals surface area contributed by atoms with Gasteiger partial charge in [0, 0.05) is 36.2 Å². The lowest BCUT2D eigenvalue weighted by molar-refractivity contribution is -0.139. The van der Waals surface area contributed by atoms with Crippen LogP contribution in [0.3, 0.4) is 0 Å². The first-order chi connectivity index (χ1) is 14.6. The van der Waals surface area contributed by atoms with Crippen molar-refractivity contribution in [1.82, 2.24) is 5.32 Å². The summed E-state index contributed by atoms with van der Waals surface area (Å²) in [5.74, 6) is -0.861. The molecule has 0 bridgehead atoms. The minimum absolute atomic E-state index is 0.0409. The summed E-state index contributed by atoms with van der Waals surface area (Å²) in [4.78, 5) is 37.5. The van der Waals surface area contributed by atoms with E-state index in [1.54, 1.807) is 24.3 Å². The first-order valence-corrected chi connectivity index (χ1v) is 10.8. The van der Waals surface area contributed by atoms with Crippen LogP contribution in [0.4, 0.5) is 0 Å². The number of unbranched alkanes of at least 4 members (excludes halogenated alkanes) is 1. The molecule has 1 heterocycles. The average molecular weight is 426 g/mol. The van der Waals surface area contributed by atoms with E-state index in [0.717, 1.165) is 30.5 Å². The van der Waals surface area contributed by atoms with Gasteiger partial charge in [-0.15, -0.1) is 0 Å². The van der Waals surface area contributed by atoms with Crippen LogP contribution in [0, 0.1) is 5.41 Å². The Morgan fingerprint density at radius 1 is 1.16 bits per heavy atom. The summed E-state index contributed by atoms with van der Waals surface area (Å²) >= 11 is 0. The molecule has 6 heteroatoms. The molecule has 1 atom stereocenters. The fourth-order valence-electron chi connectivity index (χ4n) is 4.32.